The van der Waals surface area contributed by atoms with E-state index < -0.39 is 0 Å². The molecule has 0 saturated carbocycles. The van der Waals surface area contributed by atoms with E-state index in [9.17, 15) is 0 Å². The van der Waals surface area contributed by atoms with E-state index in [1.807, 2.05) is 0 Å². The number of hydrogen-bond donors (Lipinski definition) is 0. The van der Waals surface area contributed by atoms with E-state index in [0.29, 0.717) is 58.8 Å². The molecule has 7 heteroatoms. The summed E-state index contributed by atoms with van der Waals surface area (Å²) in [5, 5.41) is 0. The second kappa shape index (κ2) is 16.2. The molecule has 0 spiro atoms. The summed E-state index contributed by atoms with van der Waals surface area (Å²) >= 11 is 0. The SMILES string of the molecule is COCCOCCOB(CC(C)C)OCCOCCOC. The quantitative estimate of drug-likeness (QED) is 0.318. The minimum Gasteiger partial charge on any atom is -0.409 e. The summed E-state index contributed by atoms with van der Waals surface area (Å²) in [5.74, 6) is 0.513. The first kappa shape index (κ1) is 20.8. The molecule has 0 bridgehead atoms. The van der Waals surface area contributed by atoms with Crippen molar-refractivity contribution in [3.8, 4) is 0 Å². The van der Waals surface area contributed by atoms with Gasteiger partial charge in [-0.15, -0.1) is 0 Å². The summed E-state index contributed by atoms with van der Waals surface area (Å²) in [6.07, 6.45) is 0.857. The third kappa shape index (κ3) is 16.0. The van der Waals surface area contributed by atoms with Crippen molar-refractivity contribution in [2.24, 2.45) is 5.92 Å². The van der Waals surface area contributed by atoms with Crippen LogP contribution in [0.15, 0.2) is 0 Å². The molecule has 21 heavy (non-hydrogen) atoms. The molecule has 0 N–H and O–H groups in total. The van der Waals surface area contributed by atoms with Gasteiger partial charge in [0, 0.05) is 14.2 Å². The summed E-state index contributed by atoms with van der Waals surface area (Å²) in [6.45, 7) is 8.80. The molecule has 0 atom stereocenters. The maximum Gasteiger partial charge on any atom is 0.457 e. The van der Waals surface area contributed by atoms with Crippen LogP contribution in [0.25, 0.3) is 0 Å². The fraction of sp³-hybridized carbons (Fsp3) is 1.00. The Morgan fingerprint density at radius 1 is 0.667 bits per heavy atom. The Morgan fingerprint density at radius 2 is 1.10 bits per heavy atom. The van der Waals surface area contributed by atoms with Gasteiger partial charge in [0.25, 0.3) is 0 Å². The van der Waals surface area contributed by atoms with E-state index in [-0.39, 0.29) is 7.12 Å². The van der Waals surface area contributed by atoms with E-state index in [1.165, 1.54) is 0 Å². The lowest BCUT2D eigenvalue weighted by molar-refractivity contribution is 0.0364. The van der Waals surface area contributed by atoms with Gasteiger partial charge in [-0.1, -0.05) is 13.8 Å². The Hall–Kier alpha value is -0.175. The molecule has 0 fully saturated rings. The Labute approximate surface area is 129 Å². The van der Waals surface area contributed by atoms with Gasteiger partial charge in [0.05, 0.1) is 52.9 Å². The first-order valence-corrected chi connectivity index (χ1v) is 7.57. The molecule has 6 nitrogen and oxygen atoms in total. The maximum atomic E-state index is 5.69. The molecule has 0 radical (unpaired) electrons. The average Bonchev–Trinajstić information content (AvgIpc) is 2.45. The van der Waals surface area contributed by atoms with Crippen molar-refractivity contribution in [1.29, 1.82) is 0 Å². The molecule has 0 unspecified atom stereocenters. The molecule has 0 aliphatic carbocycles. The lowest BCUT2D eigenvalue weighted by Crippen LogP contribution is -2.28. The fourth-order valence-corrected chi connectivity index (χ4v) is 1.53. The van der Waals surface area contributed by atoms with Crippen molar-refractivity contribution in [2.75, 3.05) is 67.1 Å². The molecular weight excluding hydrogens is 275 g/mol. The standard InChI is InChI=1S/C14H31BO6/c1-14(2)13-15(20-11-9-18-7-5-16-3)21-12-10-19-8-6-17-4/h14H,5-13H2,1-4H3. The molecule has 0 aromatic heterocycles. The summed E-state index contributed by atoms with van der Waals surface area (Å²) in [5.41, 5.74) is 0. The van der Waals surface area contributed by atoms with E-state index in [0.717, 1.165) is 6.32 Å². The van der Waals surface area contributed by atoms with Gasteiger partial charge in [-0.3, -0.25) is 0 Å². The van der Waals surface area contributed by atoms with E-state index in [4.69, 9.17) is 28.3 Å². The third-order valence-electron chi connectivity index (χ3n) is 2.59. The van der Waals surface area contributed by atoms with Gasteiger partial charge in [0.1, 0.15) is 0 Å². The Morgan fingerprint density at radius 3 is 1.48 bits per heavy atom. The summed E-state index contributed by atoms with van der Waals surface area (Å²) in [7, 11) is 3.10. The molecule has 0 aliphatic rings. The highest BCUT2D eigenvalue weighted by Gasteiger charge is 2.19. The largest absolute Gasteiger partial charge is 0.457 e. The number of methoxy groups -OCH3 is 2. The van der Waals surface area contributed by atoms with Crippen LogP contribution in [-0.4, -0.2) is 74.2 Å². The first-order chi connectivity index (χ1) is 10.2. The number of hydrogen-bond acceptors (Lipinski definition) is 6. The molecule has 0 aromatic rings. The highest BCUT2D eigenvalue weighted by atomic mass is 16.6. The molecule has 0 heterocycles. The molecule has 0 aromatic carbocycles. The lowest BCUT2D eigenvalue weighted by atomic mass is 9.78. The molecule has 0 amide bonds. The number of ether oxygens (including phenoxy) is 4. The van der Waals surface area contributed by atoms with Crippen molar-refractivity contribution in [1.82, 2.24) is 0 Å². The van der Waals surface area contributed by atoms with E-state index in [2.05, 4.69) is 13.8 Å². The van der Waals surface area contributed by atoms with Crippen LogP contribution in [0.2, 0.25) is 6.32 Å². The first-order valence-electron chi connectivity index (χ1n) is 7.57. The maximum absolute atomic E-state index is 5.69. The van der Waals surface area contributed by atoms with Crippen LogP contribution in [-0.2, 0) is 28.3 Å². The van der Waals surface area contributed by atoms with Crippen LogP contribution < -0.4 is 0 Å². The zero-order valence-corrected chi connectivity index (χ0v) is 14.0. The second-order valence-electron chi connectivity index (χ2n) is 5.01. The van der Waals surface area contributed by atoms with Gasteiger partial charge in [-0.25, -0.2) is 0 Å². The predicted octanol–water partition coefficient (Wildman–Crippen LogP) is 1.49. The van der Waals surface area contributed by atoms with Crippen LogP contribution in [0.4, 0.5) is 0 Å². The van der Waals surface area contributed by atoms with Crippen LogP contribution in [0.3, 0.4) is 0 Å². The second-order valence-corrected chi connectivity index (χ2v) is 5.01. The Balaban J connectivity index is 3.62. The molecule has 0 rings (SSSR count). The van der Waals surface area contributed by atoms with Crippen molar-refractivity contribution in [3.63, 3.8) is 0 Å². The van der Waals surface area contributed by atoms with Crippen LogP contribution in [0, 0.1) is 5.92 Å². The third-order valence-corrected chi connectivity index (χ3v) is 2.59. The Kier molecular flexibility index (Phi) is 16.1. The highest BCUT2D eigenvalue weighted by Crippen LogP contribution is 2.07. The van der Waals surface area contributed by atoms with Crippen molar-refractivity contribution >= 4 is 7.12 Å². The normalized spacial score (nSPS) is 11.3. The molecule has 126 valence electrons. The predicted molar refractivity (Wildman–Crippen MR) is 82.7 cm³/mol. The van der Waals surface area contributed by atoms with Gasteiger partial charge in [-0.2, -0.15) is 0 Å². The lowest BCUT2D eigenvalue weighted by Gasteiger charge is -2.16. The minimum absolute atomic E-state index is 0.206. The van der Waals surface area contributed by atoms with Crippen LogP contribution in [0.5, 0.6) is 0 Å². The molecule has 0 aliphatic heterocycles. The summed E-state index contributed by atoms with van der Waals surface area (Å²) in [6, 6.07) is 0. The summed E-state index contributed by atoms with van der Waals surface area (Å²) in [4.78, 5) is 0. The van der Waals surface area contributed by atoms with Crippen molar-refractivity contribution in [3.05, 3.63) is 0 Å². The van der Waals surface area contributed by atoms with E-state index >= 15 is 0 Å². The van der Waals surface area contributed by atoms with Gasteiger partial charge < -0.3 is 28.3 Å². The van der Waals surface area contributed by atoms with Gasteiger partial charge in [-0.05, 0) is 12.2 Å². The van der Waals surface area contributed by atoms with Gasteiger partial charge >= 0.3 is 7.12 Å². The Bertz CT molecular complexity index is 190. The van der Waals surface area contributed by atoms with Crippen LogP contribution >= 0.6 is 0 Å². The molecular formula is C14H31BO6. The average molecular weight is 306 g/mol. The highest BCUT2D eigenvalue weighted by molar-refractivity contribution is 6.44. The fourth-order valence-electron chi connectivity index (χ4n) is 1.53. The molecule has 0 saturated heterocycles. The van der Waals surface area contributed by atoms with Gasteiger partial charge in [0.15, 0.2) is 0 Å². The van der Waals surface area contributed by atoms with E-state index in [1.54, 1.807) is 14.2 Å². The van der Waals surface area contributed by atoms with Crippen LogP contribution in [0.1, 0.15) is 13.8 Å². The van der Waals surface area contributed by atoms with Crippen molar-refractivity contribution < 1.29 is 28.3 Å². The smallest absolute Gasteiger partial charge is 0.409 e. The van der Waals surface area contributed by atoms with Crippen molar-refractivity contribution in [2.45, 2.75) is 20.2 Å². The van der Waals surface area contributed by atoms with Gasteiger partial charge in [0.2, 0.25) is 0 Å². The monoisotopic (exact) mass is 306 g/mol. The minimum atomic E-state index is -0.206. The number of rotatable bonds is 16. The summed E-state index contributed by atoms with van der Waals surface area (Å²) < 4.78 is 31.9. The zero-order chi connectivity index (χ0) is 15.8. The zero-order valence-electron chi connectivity index (χ0n) is 14.0. The topological polar surface area (TPSA) is 55.4 Å².